The van der Waals surface area contributed by atoms with Crippen molar-refractivity contribution in [2.75, 3.05) is 26.4 Å². The van der Waals surface area contributed by atoms with E-state index in [1.807, 2.05) is 6.08 Å². The van der Waals surface area contributed by atoms with E-state index in [9.17, 15) is 14.3 Å². The standard InChI is InChI=1S/C41H74NO7P/c1-3-5-7-9-11-13-15-17-19-21-23-25-27-29-31-33-36-46-38-40(39-48-50(44,45)47-37-35-42)49-41(43)34-32-30-28-26-24-22-20-18-16-14-12-10-8-6-4-2/h6,8,12,14,18,20,24,26,33,36,40H,3-5,7,9-11,13,15-17,19,21-23,25,27-32,34-35,37-39,42H2,1-2H3,(H,44,45)/b8-6+,14-12+,20-18+,26-24+,36-33+/t40-/m1/s1. The zero-order chi connectivity index (χ0) is 36.6. The van der Waals surface area contributed by atoms with Gasteiger partial charge in [0.25, 0.3) is 0 Å². The highest BCUT2D eigenvalue weighted by Crippen LogP contribution is 2.43. The zero-order valence-electron chi connectivity index (χ0n) is 31.9. The van der Waals surface area contributed by atoms with Crippen LogP contribution >= 0.6 is 7.82 Å². The summed E-state index contributed by atoms with van der Waals surface area (Å²) in [4.78, 5) is 22.4. The molecule has 0 aromatic carbocycles. The quantitative estimate of drug-likeness (QED) is 0.0214. The van der Waals surface area contributed by atoms with Crippen LogP contribution < -0.4 is 5.73 Å². The van der Waals surface area contributed by atoms with E-state index in [0.29, 0.717) is 6.42 Å². The van der Waals surface area contributed by atoms with Gasteiger partial charge in [-0.1, -0.05) is 146 Å². The summed E-state index contributed by atoms with van der Waals surface area (Å²) in [5.41, 5.74) is 5.35. The van der Waals surface area contributed by atoms with E-state index in [4.69, 9.17) is 24.3 Å². The molecule has 0 rings (SSSR count). The highest BCUT2D eigenvalue weighted by molar-refractivity contribution is 7.47. The molecule has 9 heteroatoms. The second-order valence-corrected chi connectivity index (χ2v) is 14.3. The Morgan fingerprint density at radius 2 is 1.14 bits per heavy atom. The summed E-state index contributed by atoms with van der Waals surface area (Å²) in [6.07, 6.45) is 46.2. The van der Waals surface area contributed by atoms with E-state index in [2.05, 4.69) is 62.5 Å². The predicted molar refractivity (Wildman–Crippen MR) is 210 cm³/mol. The number of phosphoric acid groups is 1. The van der Waals surface area contributed by atoms with E-state index in [-0.39, 0.29) is 32.8 Å². The van der Waals surface area contributed by atoms with Gasteiger partial charge in [0.05, 0.1) is 19.5 Å². The third-order valence-corrected chi connectivity index (χ3v) is 9.00. The van der Waals surface area contributed by atoms with Crippen LogP contribution in [0.4, 0.5) is 0 Å². The smallest absolute Gasteiger partial charge is 0.472 e. The lowest BCUT2D eigenvalue weighted by molar-refractivity contribution is -0.153. The van der Waals surface area contributed by atoms with Crippen LogP contribution in [0.1, 0.15) is 162 Å². The minimum atomic E-state index is -4.30. The SMILES string of the molecule is CC/C=C/C/C=C/C/C=C/C/C=C/CCCCC(=O)O[C@H](CO/C=C/CCCCCCCCCCCCCCCC)COP(=O)(O)OCCN. The lowest BCUT2D eigenvalue weighted by Crippen LogP contribution is -2.27. The molecule has 290 valence electrons. The molecule has 0 fully saturated rings. The number of esters is 1. The second kappa shape index (κ2) is 38.3. The molecule has 0 bridgehead atoms. The average Bonchev–Trinajstić information content (AvgIpc) is 3.10. The molecule has 0 spiro atoms. The maximum atomic E-state index is 12.5. The van der Waals surface area contributed by atoms with Crippen LogP contribution in [0.5, 0.6) is 0 Å². The Morgan fingerprint density at radius 3 is 1.70 bits per heavy atom. The molecule has 0 saturated heterocycles. The highest BCUT2D eigenvalue weighted by Gasteiger charge is 2.25. The first kappa shape index (κ1) is 48.0. The number of rotatable bonds is 37. The van der Waals surface area contributed by atoms with Crippen molar-refractivity contribution in [3.05, 3.63) is 60.9 Å². The minimum Gasteiger partial charge on any atom is -0.498 e. The molecular formula is C41H74NO7P. The maximum absolute atomic E-state index is 12.5. The first-order chi connectivity index (χ1) is 24.4. The molecule has 8 nitrogen and oxygen atoms in total. The number of phosphoric ester groups is 1. The molecule has 0 aliphatic rings. The normalized spacial score (nSPS) is 14.2. The van der Waals surface area contributed by atoms with E-state index < -0.39 is 19.9 Å². The van der Waals surface area contributed by atoms with Gasteiger partial charge in [-0.15, -0.1) is 0 Å². The molecule has 1 unspecified atom stereocenters. The average molecular weight is 724 g/mol. The van der Waals surface area contributed by atoms with Gasteiger partial charge < -0.3 is 20.1 Å². The van der Waals surface area contributed by atoms with Gasteiger partial charge in [-0.25, -0.2) is 4.57 Å². The van der Waals surface area contributed by atoms with Gasteiger partial charge in [0, 0.05) is 13.0 Å². The van der Waals surface area contributed by atoms with Crippen LogP contribution in [0.3, 0.4) is 0 Å². The Balaban J connectivity index is 4.20. The molecule has 2 atom stereocenters. The molecule has 3 N–H and O–H groups in total. The fourth-order valence-electron chi connectivity index (χ4n) is 5.13. The Kier molecular flexibility index (Phi) is 36.8. The van der Waals surface area contributed by atoms with Crippen LogP contribution in [0.25, 0.3) is 0 Å². The molecule has 0 aliphatic heterocycles. The number of unbranched alkanes of at least 4 members (excludes halogenated alkanes) is 16. The number of ether oxygens (including phenoxy) is 2. The van der Waals surface area contributed by atoms with Crippen molar-refractivity contribution in [3.63, 3.8) is 0 Å². The molecule has 50 heavy (non-hydrogen) atoms. The van der Waals surface area contributed by atoms with Crippen molar-refractivity contribution in [2.45, 2.75) is 168 Å². The van der Waals surface area contributed by atoms with Crippen molar-refractivity contribution in [2.24, 2.45) is 5.73 Å². The molecule has 0 aromatic heterocycles. The number of hydrogen-bond donors (Lipinski definition) is 2. The van der Waals surface area contributed by atoms with E-state index in [1.54, 1.807) is 6.26 Å². The maximum Gasteiger partial charge on any atom is 0.472 e. The summed E-state index contributed by atoms with van der Waals surface area (Å²) in [5, 5.41) is 0. The third-order valence-electron chi connectivity index (χ3n) is 8.01. The Labute approximate surface area is 306 Å². The summed E-state index contributed by atoms with van der Waals surface area (Å²) in [6, 6.07) is 0. The number of hydrogen-bond acceptors (Lipinski definition) is 7. The fourth-order valence-corrected chi connectivity index (χ4v) is 5.89. The van der Waals surface area contributed by atoms with Crippen molar-refractivity contribution in [1.29, 1.82) is 0 Å². The van der Waals surface area contributed by atoms with Crippen molar-refractivity contribution in [3.8, 4) is 0 Å². The molecule has 0 aromatic rings. The van der Waals surface area contributed by atoms with Gasteiger partial charge >= 0.3 is 13.8 Å². The van der Waals surface area contributed by atoms with Gasteiger partial charge in [0.2, 0.25) is 0 Å². The lowest BCUT2D eigenvalue weighted by atomic mass is 10.0. The highest BCUT2D eigenvalue weighted by atomic mass is 31.2. The van der Waals surface area contributed by atoms with Crippen molar-refractivity contribution in [1.82, 2.24) is 0 Å². The first-order valence-electron chi connectivity index (χ1n) is 19.8. The summed E-state index contributed by atoms with van der Waals surface area (Å²) >= 11 is 0. The van der Waals surface area contributed by atoms with Gasteiger partial charge in [-0.3, -0.25) is 13.8 Å². The molecule has 0 radical (unpaired) electrons. The Hall–Kier alpha value is -1.96. The summed E-state index contributed by atoms with van der Waals surface area (Å²) in [7, 11) is -4.30. The number of carbonyl (C=O) groups is 1. The van der Waals surface area contributed by atoms with Gasteiger partial charge in [-0.2, -0.15) is 0 Å². The Bertz CT molecular complexity index is 947. The van der Waals surface area contributed by atoms with Crippen LogP contribution in [-0.2, 0) is 27.9 Å². The summed E-state index contributed by atoms with van der Waals surface area (Å²) in [5.74, 6) is -0.394. The van der Waals surface area contributed by atoms with E-state index >= 15 is 0 Å². The van der Waals surface area contributed by atoms with E-state index in [0.717, 1.165) is 51.4 Å². The van der Waals surface area contributed by atoms with Crippen molar-refractivity contribution < 1.29 is 32.8 Å². The first-order valence-corrected chi connectivity index (χ1v) is 21.3. The summed E-state index contributed by atoms with van der Waals surface area (Å²) in [6.45, 7) is 4.07. The predicted octanol–water partition coefficient (Wildman–Crippen LogP) is 11.8. The molecular weight excluding hydrogens is 649 g/mol. The number of carbonyl (C=O) groups excluding carboxylic acids is 1. The second-order valence-electron chi connectivity index (χ2n) is 12.8. The monoisotopic (exact) mass is 724 g/mol. The van der Waals surface area contributed by atoms with Crippen LogP contribution in [0.15, 0.2) is 60.9 Å². The summed E-state index contributed by atoms with van der Waals surface area (Å²) < 4.78 is 33.0. The van der Waals surface area contributed by atoms with Crippen LogP contribution in [-0.4, -0.2) is 43.3 Å². The van der Waals surface area contributed by atoms with Gasteiger partial charge in [-0.05, 0) is 63.9 Å². The minimum absolute atomic E-state index is 0.0137. The topological polar surface area (TPSA) is 117 Å². The lowest BCUT2D eigenvalue weighted by Gasteiger charge is -2.19. The van der Waals surface area contributed by atoms with Gasteiger partial charge in [0.15, 0.2) is 6.10 Å². The fraction of sp³-hybridized carbons (Fsp3) is 0.732. The van der Waals surface area contributed by atoms with E-state index in [1.165, 1.54) is 83.5 Å². The largest absolute Gasteiger partial charge is 0.498 e. The Morgan fingerprint density at radius 1 is 0.640 bits per heavy atom. The molecule has 0 heterocycles. The van der Waals surface area contributed by atoms with Crippen LogP contribution in [0.2, 0.25) is 0 Å². The number of allylic oxidation sites excluding steroid dienone is 9. The third kappa shape index (κ3) is 37.3. The molecule has 0 amide bonds. The number of nitrogens with two attached hydrogens (primary N) is 1. The van der Waals surface area contributed by atoms with Crippen molar-refractivity contribution >= 4 is 13.8 Å². The van der Waals surface area contributed by atoms with Gasteiger partial charge in [0.1, 0.15) is 6.61 Å². The molecule has 0 aliphatic carbocycles. The zero-order valence-corrected chi connectivity index (χ0v) is 32.8. The molecule has 0 saturated carbocycles. The van der Waals surface area contributed by atoms with Crippen LogP contribution in [0, 0.1) is 0 Å².